The van der Waals surface area contributed by atoms with E-state index in [1.165, 1.54) is 5.69 Å². The molecule has 0 aromatic carbocycles. The zero-order chi connectivity index (χ0) is 15.2. The van der Waals surface area contributed by atoms with E-state index in [1.807, 2.05) is 38.1 Å². The maximum Gasteiger partial charge on any atom is 0.0892 e. The molecule has 0 radical (unpaired) electrons. The quantitative estimate of drug-likeness (QED) is 0.599. The van der Waals surface area contributed by atoms with Crippen molar-refractivity contribution in [1.29, 1.82) is 0 Å². The number of hydrogen-bond donors (Lipinski definition) is 0. The number of aliphatic imine (C=N–C) groups is 2. The van der Waals surface area contributed by atoms with E-state index in [0.717, 1.165) is 26.1 Å². The van der Waals surface area contributed by atoms with Crippen LogP contribution < -0.4 is 4.90 Å². The van der Waals surface area contributed by atoms with Crippen LogP contribution in [0.15, 0.2) is 34.5 Å². The molecule has 1 aromatic heterocycles. The number of nitrogens with zero attached hydrogens (tertiary/aromatic N) is 5. The number of aromatic nitrogens is 1. The van der Waals surface area contributed by atoms with Crippen molar-refractivity contribution < 1.29 is 0 Å². The van der Waals surface area contributed by atoms with E-state index in [2.05, 4.69) is 40.0 Å². The Balaban J connectivity index is 0. The van der Waals surface area contributed by atoms with E-state index >= 15 is 0 Å². The van der Waals surface area contributed by atoms with Crippen LogP contribution in [-0.2, 0) is 0 Å². The molecule has 0 aliphatic carbocycles. The first-order valence-electron chi connectivity index (χ1n) is 6.88. The SMILES string of the molecule is CCN=C=NCCCN(C)C.CN(C)c1ccncc1.Cl. The molecule has 0 saturated carbocycles. The molecule has 0 bridgehead atoms. The second-order valence-corrected chi connectivity index (χ2v) is 4.71. The lowest BCUT2D eigenvalue weighted by Gasteiger charge is -2.10. The molecule has 1 aromatic rings. The lowest BCUT2D eigenvalue weighted by molar-refractivity contribution is 0.403. The summed E-state index contributed by atoms with van der Waals surface area (Å²) in [5, 5.41) is 0. The first kappa shape index (κ1) is 21.9. The highest BCUT2D eigenvalue weighted by atomic mass is 35.5. The molecule has 0 aliphatic heterocycles. The smallest absolute Gasteiger partial charge is 0.0892 e. The third-order valence-corrected chi connectivity index (χ3v) is 2.35. The Morgan fingerprint density at radius 3 is 2.14 bits per heavy atom. The van der Waals surface area contributed by atoms with Crippen LogP contribution in [0, 0.1) is 0 Å². The van der Waals surface area contributed by atoms with Gasteiger partial charge in [0, 0.05) is 38.7 Å². The maximum absolute atomic E-state index is 3.99. The minimum atomic E-state index is 0. The van der Waals surface area contributed by atoms with Crippen molar-refractivity contribution in [2.24, 2.45) is 9.98 Å². The van der Waals surface area contributed by atoms with Gasteiger partial charge in [-0.15, -0.1) is 12.4 Å². The number of halogens is 1. The lowest BCUT2D eigenvalue weighted by atomic mass is 10.4. The molecule has 0 unspecified atom stereocenters. The fourth-order valence-corrected chi connectivity index (χ4v) is 1.28. The maximum atomic E-state index is 3.99. The highest BCUT2D eigenvalue weighted by molar-refractivity contribution is 5.85. The first-order chi connectivity index (χ1) is 9.57. The van der Waals surface area contributed by atoms with Gasteiger partial charge < -0.3 is 9.80 Å². The van der Waals surface area contributed by atoms with E-state index in [9.17, 15) is 0 Å². The molecule has 0 amide bonds. The predicted molar refractivity (Wildman–Crippen MR) is 94.3 cm³/mol. The molecular weight excluding hydrogens is 286 g/mol. The van der Waals surface area contributed by atoms with Crippen LogP contribution in [0.2, 0.25) is 0 Å². The average Bonchev–Trinajstić information content (AvgIpc) is 2.44. The molecule has 5 nitrogen and oxygen atoms in total. The molecule has 0 fully saturated rings. The summed E-state index contributed by atoms with van der Waals surface area (Å²) in [7, 11) is 8.14. The van der Waals surface area contributed by atoms with Crippen molar-refractivity contribution in [3.63, 3.8) is 0 Å². The highest BCUT2D eigenvalue weighted by Gasteiger charge is 1.88. The summed E-state index contributed by atoms with van der Waals surface area (Å²) >= 11 is 0. The van der Waals surface area contributed by atoms with E-state index in [0.29, 0.717) is 0 Å². The molecule has 0 spiro atoms. The average molecular weight is 314 g/mol. The Bertz CT molecular complexity index is 386. The van der Waals surface area contributed by atoms with E-state index in [1.54, 1.807) is 12.4 Å². The van der Waals surface area contributed by atoms with Gasteiger partial charge in [-0.3, -0.25) is 4.98 Å². The number of pyridine rings is 1. The van der Waals surface area contributed by atoms with Gasteiger partial charge in [-0.2, -0.15) is 0 Å². The van der Waals surface area contributed by atoms with E-state index < -0.39 is 0 Å². The minimum Gasteiger partial charge on any atom is -0.378 e. The molecule has 0 saturated heterocycles. The minimum absolute atomic E-state index is 0. The third-order valence-electron chi connectivity index (χ3n) is 2.35. The van der Waals surface area contributed by atoms with Crippen molar-refractivity contribution in [2.45, 2.75) is 13.3 Å². The molecule has 1 rings (SSSR count). The lowest BCUT2D eigenvalue weighted by Crippen LogP contribution is -2.13. The second-order valence-electron chi connectivity index (χ2n) is 4.71. The van der Waals surface area contributed by atoms with Gasteiger partial charge in [0.05, 0.1) is 12.6 Å². The summed E-state index contributed by atoms with van der Waals surface area (Å²) in [6, 6.07) is 6.58. The van der Waals surface area contributed by atoms with Gasteiger partial charge in [0.1, 0.15) is 0 Å². The van der Waals surface area contributed by atoms with Gasteiger partial charge in [-0.05, 0) is 46.1 Å². The zero-order valence-electron chi connectivity index (χ0n) is 13.8. The van der Waals surface area contributed by atoms with Gasteiger partial charge in [0.2, 0.25) is 0 Å². The molecule has 0 N–H and O–H groups in total. The number of hydrogen-bond acceptors (Lipinski definition) is 5. The molecule has 6 heteroatoms. The van der Waals surface area contributed by atoms with Crippen LogP contribution in [0.25, 0.3) is 0 Å². The molecule has 0 aliphatic rings. The fraction of sp³-hybridized carbons (Fsp3) is 0.600. The molecule has 0 atom stereocenters. The Labute approximate surface area is 135 Å². The highest BCUT2D eigenvalue weighted by Crippen LogP contribution is 2.05. The Morgan fingerprint density at radius 2 is 1.71 bits per heavy atom. The zero-order valence-corrected chi connectivity index (χ0v) is 14.6. The van der Waals surface area contributed by atoms with Crippen molar-refractivity contribution in [3.8, 4) is 0 Å². The summed E-state index contributed by atoms with van der Waals surface area (Å²) in [6.07, 6.45) is 4.66. The van der Waals surface area contributed by atoms with Gasteiger partial charge in [0.25, 0.3) is 0 Å². The van der Waals surface area contributed by atoms with Crippen molar-refractivity contribution in [1.82, 2.24) is 9.88 Å². The van der Waals surface area contributed by atoms with Crippen LogP contribution in [0.1, 0.15) is 13.3 Å². The molecule has 120 valence electrons. The predicted octanol–water partition coefficient (Wildman–Crippen LogP) is 2.70. The molecule has 1 heterocycles. The molecular formula is C15H28ClN5. The van der Waals surface area contributed by atoms with Crippen molar-refractivity contribution in [2.75, 3.05) is 52.7 Å². The van der Waals surface area contributed by atoms with Gasteiger partial charge in [0.15, 0.2) is 0 Å². The second kappa shape index (κ2) is 15.0. The number of anilines is 1. The van der Waals surface area contributed by atoms with Gasteiger partial charge in [-0.25, -0.2) is 9.98 Å². The summed E-state index contributed by atoms with van der Waals surface area (Å²) < 4.78 is 0. The summed E-state index contributed by atoms with van der Waals surface area (Å²) in [5.74, 6) is 0. The topological polar surface area (TPSA) is 44.1 Å². The van der Waals surface area contributed by atoms with E-state index in [4.69, 9.17) is 0 Å². The standard InChI is InChI=1S/C8H17N3.C7H10N2.ClH/c1-4-9-8-10-6-5-7-11(2)3;1-9(2)7-3-5-8-6-4-7;/h4-7H2,1-3H3;3-6H,1-2H3;1H. The third kappa shape index (κ3) is 14.8. The van der Waals surface area contributed by atoms with Crippen LogP contribution >= 0.6 is 12.4 Å². The van der Waals surface area contributed by atoms with Gasteiger partial charge >= 0.3 is 0 Å². The normalized spacial score (nSPS) is 8.86. The van der Waals surface area contributed by atoms with Gasteiger partial charge in [-0.1, -0.05) is 0 Å². The molecule has 21 heavy (non-hydrogen) atoms. The summed E-state index contributed by atoms with van der Waals surface area (Å²) in [4.78, 5) is 15.9. The van der Waals surface area contributed by atoms with Crippen LogP contribution in [0.5, 0.6) is 0 Å². The van der Waals surface area contributed by atoms with E-state index in [-0.39, 0.29) is 12.4 Å². The van der Waals surface area contributed by atoms with Crippen molar-refractivity contribution in [3.05, 3.63) is 24.5 Å². The fourth-order valence-electron chi connectivity index (χ4n) is 1.28. The summed E-state index contributed by atoms with van der Waals surface area (Å²) in [6.45, 7) is 4.67. The van der Waals surface area contributed by atoms with Crippen molar-refractivity contribution >= 4 is 24.1 Å². The Morgan fingerprint density at radius 1 is 1.10 bits per heavy atom. The number of rotatable bonds is 6. The Kier molecular flexibility index (Phi) is 15.6. The first-order valence-corrected chi connectivity index (χ1v) is 6.88. The van der Waals surface area contributed by atoms with Crippen LogP contribution in [0.4, 0.5) is 5.69 Å². The largest absolute Gasteiger partial charge is 0.378 e. The van der Waals surface area contributed by atoms with Crippen LogP contribution in [-0.4, -0.2) is 63.7 Å². The van der Waals surface area contributed by atoms with Crippen LogP contribution in [0.3, 0.4) is 0 Å². The Hall–Kier alpha value is -1.42. The monoisotopic (exact) mass is 313 g/mol. The summed E-state index contributed by atoms with van der Waals surface area (Å²) in [5.41, 5.74) is 1.19.